The molecule has 0 fully saturated rings. The molecule has 0 aliphatic rings. The summed E-state index contributed by atoms with van der Waals surface area (Å²) < 4.78 is 10.5. The summed E-state index contributed by atoms with van der Waals surface area (Å²) in [4.78, 5) is 21.2. The Bertz CT molecular complexity index is 1070. The average Bonchev–Trinajstić information content (AvgIpc) is 2.73. The number of aromatic nitrogens is 2. The summed E-state index contributed by atoms with van der Waals surface area (Å²) >= 11 is 0. The number of hydrogen-bond donors (Lipinski definition) is 2. The first-order valence-corrected chi connectivity index (χ1v) is 8.68. The third-order valence-corrected chi connectivity index (χ3v) is 4.00. The highest BCUT2D eigenvalue weighted by Gasteiger charge is 2.13. The molecule has 1 heterocycles. The summed E-state index contributed by atoms with van der Waals surface area (Å²) in [6, 6.07) is 15.6. The predicted molar refractivity (Wildman–Crippen MR) is 109 cm³/mol. The largest absolute Gasteiger partial charge is 0.493 e. The Morgan fingerprint density at radius 1 is 0.966 bits per heavy atom. The molecule has 0 saturated heterocycles. The van der Waals surface area contributed by atoms with Gasteiger partial charge >= 0.3 is 0 Å². The fourth-order valence-corrected chi connectivity index (χ4v) is 2.63. The van der Waals surface area contributed by atoms with Gasteiger partial charge in [0.25, 0.3) is 5.91 Å². The zero-order valence-electron chi connectivity index (χ0n) is 16.2. The number of carbonyl (C=O) groups is 1. The lowest BCUT2D eigenvalue weighted by molar-refractivity contribution is 0.102. The van der Waals surface area contributed by atoms with Gasteiger partial charge < -0.3 is 20.1 Å². The van der Waals surface area contributed by atoms with Crippen molar-refractivity contribution in [3.05, 3.63) is 65.6 Å². The third-order valence-electron chi connectivity index (χ3n) is 4.00. The lowest BCUT2D eigenvalue weighted by atomic mass is 10.2. The highest BCUT2D eigenvalue weighted by molar-refractivity contribution is 6.03. The lowest BCUT2D eigenvalue weighted by Gasteiger charge is -2.11. The van der Waals surface area contributed by atoms with Gasteiger partial charge in [-0.1, -0.05) is 0 Å². The maximum absolute atomic E-state index is 12.7. The molecule has 0 unspecified atom stereocenters. The molecule has 3 aromatic rings. The van der Waals surface area contributed by atoms with Crippen LogP contribution in [0.5, 0.6) is 11.5 Å². The Balaban J connectivity index is 1.79. The van der Waals surface area contributed by atoms with Crippen molar-refractivity contribution in [1.29, 1.82) is 5.26 Å². The van der Waals surface area contributed by atoms with Gasteiger partial charge in [0.05, 0.1) is 25.9 Å². The molecule has 0 bridgehead atoms. The number of benzene rings is 2. The highest BCUT2D eigenvalue weighted by Crippen LogP contribution is 2.30. The monoisotopic (exact) mass is 389 g/mol. The zero-order chi connectivity index (χ0) is 20.8. The van der Waals surface area contributed by atoms with Crippen molar-refractivity contribution in [2.45, 2.75) is 6.92 Å². The first kappa shape index (κ1) is 19.6. The molecule has 0 aliphatic carbocycles. The molecule has 0 spiro atoms. The van der Waals surface area contributed by atoms with Crippen molar-refractivity contribution in [2.75, 3.05) is 24.9 Å². The zero-order valence-corrected chi connectivity index (χ0v) is 16.2. The van der Waals surface area contributed by atoms with Gasteiger partial charge in [0.1, 0.15) is 17.3 Å². The molecule has 0 atom stereocenters. The standard InChI is InChI=1S/C21H19N5O3/c1-13-23-17(11-20(24-13)25-15-6-4-14(12-22)5-7-15)21(27)26-16-8-9-18(28-2)19(10-16)29-3/h4-11H,1-3H3,(H,26,27)(H,23,24,25). The molecule has 2 N–H and O–H groups in total. The van der Waals surface area contributed by atoms with Gasteiger partial charge in [0.15, 0.2) is 11.5 Å². The summed E-state index contributed by atoms with van der Waals surface area (Å²) in [6.45, 7) is 1.71. The summed E-state index contributed by atoms with van der Waals surface area (Å²) in [5.74, 6) is 1.61. The van der Waals surface area contributed by atoms with Gasteiger partial charge in [-0.25, -0.2) is 9.97 Å². The molecular formula is C21H19N5O3. The Morgan fingerprint density at radius 2 is 1.66 bits per heavy atom. The third kappa shape index (κ3) is 4.78. The minimum atomic E-state index is -0.384. The van der Waals surface area contributed by atoms with E-state index in [4.69, 9.17) is 14.7 Å². The average molecular weight is 389 g/mol. The number of ether oxygens (including phenoxy) is 2. The summed E-state index contributed by atoms with van der Waals surface area (Å²) in [5, 5.41) is 14.8. The van der Waals surface area contributed by atoms with Crippen LogP contribution in [-0.2, 0) is 0 Å². The van der Waals surface area contributed by atoms with Crippen LogP contribution < -0.4 is 20.1 Å². The fourth-order valence-electron chi connectivity index (χ4n) is 2.63. The Hall–Kier alpha value is -4.12. The molecule has 0 saturated carbocycles. The van der Waals surface area contributed by atoms with Gasteiger partial charge in [-0.05, 0) is 43.3 Å². The van der Waals surface area contributed by atoms with Gasteiger partial charge in [-0.15, -0.1) is 0 Å². The van der Waals surface area contributed by atoms with Crippen LogP contribution in [0.3, 0.4) is 0 Å². The Kier molecular flexibility index (Phi) is 5.90. The molecular weight excluding hydrogens is 370 g/mol. The number of amides is 1. The molecule has 146 valence electrons. The quantitative estimate of drug-likeness (QED) is 0.662. The van der Waals surface area contributed by atoms with Crippen LogP contribution in [0, 0.1) is 18.3 Å². The minimum Gasteiger partial charge on any atom is -0.493 e. The number of nitrogens with one attached hydrogen (secondary N) is 2. The molecule has 1 amide bonds. The smallest absolute Gasteiger partial charge is 0.274 e. The molecule has 2 aromatic carbocycles. The molecule has 8 heteroatoms. The van der Waals surface area contributed by atoms with E-state index in [-0.39, 0.29) is 11.6 Å². The number of hydrogen-bond acceptors (Lipinski definition) is 7. The number of nitriles is 1. The molecule has 29 heavy (non-hydrogen) atoms. The molecule has 3 rings (SSSR count). The topological polar surface area (TPSA) is 109 Å². The Morgan fingerprint density at radius 3 is 2.31 bits per heavy atom. The highest BCUT2D eigenvalue weighted by atomic mass is 16.5. The van der Waals surface area contributed by atoms with Crippen LogP contribution in [0.15, 0.2) is 48.5 Å². The van der Waals surface area contributed by atoms with E-state index in [1.54, 1.807) is 62.6 Å². The van der Waals surface area contributed by atoms with Crippen LogP contribution >= 0.6 is 0 Å². The molecule has 1 aromatic heterocycles. The van der Waals surface area contributed by atoms with Crippen molar-refractivity contribution in [1.82, 2.24) is 9.97 Å². The number of methoxy groups -OCH3 is 2. The lowest BCUT2D eigenvalue weighted by Crippen LogP contribution is -2.15. The van der Waals surface area contributed by atoms with E-state index in [0.29, 0.717) is 34.4 Å². The molecule has 0 aliphatic heterocycles. The fraction of sp³-hybridized carbons (Fsp3) is 0.143. The van der Waals surface area contributed by atoms with E-state index < -0.39 is 0 Å². The van der Waals surface area contributed by atoms with E-state index in [0.717, 1.165) is 5.69 Å². The van der Waals surface area contributed by atoms with Crippen LogP contribution in [-0.4, -0.2) is 30.1 Å². The van der Waals surface area contributed by atoms with Crippen LogP contribution in [0.2, 0.25) is 0 Å². The predicted octanol–water partition coefficient (Wildman–Crippen LogP) is 3.67. The number of anilines is 3. The maximum atomic E-state index is 12.7. The van der Waals surface area contributed by atoms with Crippen molar-refractivity contribution >= 4 is 23.1 Å². The van der Waals surface area contributed by atoms with Crippen molar-refractivity contribution in [3.8, 4) is 17.6 Å². The second-order valence-corrected chi connectivity index (χ2v) is 6.02. The van der Waals surface area contributed by atoms with E-state index in [2.05, 4.69) is 26.7 Å². The summed E-state index contributed by atoms with van der Waals surface area (Å²) in [7, 11) is 3.07. The van der Waals surface area contributed by atoms with Crippen molar-refractivity contribution in [2.24, 2.45) is 0 Å². The van der Waals surface area contributed by atoms with Gasteiger partial charge in [0.2, 0.25) is 0 Å². The summed E-state index contributed by atoms with van der Waals surface area (Å²) in [6.07, 6.45) is 0. The normalized spacial score (nSPS) is 10.0. The number of nitrogens with zero attached hydrogens (tertiary/aromatic N) is 3. The molecule has 0 radical (unpaired) electrons. The van der Waals surface area contributed by atoms with E-state index >= 15 is 0 Å². The van der Waals surface area contributed by atoms with Crippen LogP contribution in [0.25, 0.3) is 0 Å². The minimum absolute atomic E-state index is 0.212. The molecule has 8 nitrogen and oxygen atoms in total. The van der Waals surface area contributed by atoms with Crippen LogP contribution in [0.1, 0.15) is 21.9 Å². The number of carbonyl (C=O) groups excluding carboxylic acids is 1. The van der Waals surface area contributed by atoms with Crippen molar-refractivity contribution < 1.29 is 14.3 Å². The van der Waals surface area contributed by atoms with Gasteiger partial charge in [-0.2, -0.15) is 5.26 Å². The van der Waals surface area contributed by atoms with Gasteiger partial charge in [0, 0.05) is 23.5 Å². The number of rotatable bonds is 6. The Labute approximate surface area is 168 Å². The summed E-state index contributed by atoms with van der Waals surface area (Å²) in [5.41, 5.74) is 2.06. The first-order chi connectivity index (χ1) is 14.0. The maximum Gasteiger partial charge on any atom is 0.274 e. The van der Waals surface area contributed by atoms with E-state index in [1.807, 2.05) is 0 Å². The second kappa shape index (κ2) is 8.71. The van der Waals surface area contributed by atoms with Crippen LogP contribution in [0.4, 0.5) is 17.2 Å². The SMILES string of the molecule is COc1ccc(NC(=O)c2cc(Nc3ccc(C#N)cc3)nc(C)n2)cc1OC. The first-order valence-electron chi connectivity index (χ1n) is 8.68. The van der Waals surface area contributed by atoms with E-state index in [1.165, 1.54) is 7.11 Å². The van der Waals surface area contributed by atoms with E-state index in [9.17, 15) is 4.79 Å². The second-order valence-electron chi connectivity index (χ2n) is 6.02. The van der Waals surface area contributed by atoms with Gasteiger partial charge in [-0.3, -0.25) is 4.79 Å². The number of aryl methyl sites for hydroxylation is 1. The van der Waals surface area contributed by atoms with Crippen molar-refractivity contribution in [3.63, 3.8) is 0 Å².